The van der Waals surface area contributed by atoms with Gasteiger partial charge in [-0.25, -0.2) is 0 Å². The van der Waals surface area contributed by atoms with E-state index in [-0.39, 0.29) is 6.04 Å². The van der Waals surface area contributed by atoms with E-state index in [1.165, 1.54) is 16.7 Å². The Bertz CT molecular complexity index is 295. The SMILES string of the molecule is C=CCCC(N)c1cc(C)cc(C)c1. The molecule has 1 nitrogen and oxygen atoms in total. The number of hydrogen-bond donors (Lipinski definition) is 1. The van der Waals surface area contributed by atoms with Gasteiger partial charge < -0.3 is 5.73 Å². The molecule has 1 aromatic rings. The summed E-state index contributed by atoms with van der Waals surface area (Å²) < 4.78 is 0. The number of rotatable bonds is 4. The van der Waals surface area contributed by atoms with Gasteiger partial charge in [-0.15, -0.1) is 6.58 Å². The molecule has 0 radical (unpaired) electrons. The van der Waals surface area contributed by atoms with Crippen LogP contribution in [-0.4, -0.2) is 0 Å². The minimum absolute atomic E-state index is 0.145. The molecule has 0 saturated heterocycles. The van der Waals surface area contributed by atoms with Gasteiger partial charge in [0.1, 0.15) is 0 Å². The van der Waals surface area contributed by atoms with Gasteiger partial charge in [-0.05, 0) is 32.3 Å². The third-order valence-electron chi connectivity index (χ3n) is 2.35. The molecule has 76 valence electrons. The summed E-state index contributed by atoms with van der Waals surface area (Å²) in [6.07, 6.45) is 3.88. The highest BCUT2D eigenvalue weighted by Crippen LogP contribution is 2.18. The molecule has 14 heavy (non-hydrogen) atoms. The zero-order valence-corrected chi connectivity index (χ0v) is 9.09. The van der Waals surface area contributed by atoms with Crippen LogP contribution in [0.3, 0.4) is 0 Å². The van der Waals surface area contributed by atoms with Crippen LogP contribution in [0, 0.1) is 13.8 Å². The van der Waals surface area contributed by atoms with Gasteiger partial charge >= 0.3 is 0 Å². The second-order valence-electron chi connectivity index (χ2n) is 3.89. The van der Waals surface area contributed by atoms with Crippen molar-refractivity contribution in [3.8, 4) is 0 Å². The van der Waals surface area contributed by atoms with Crippen molar-refractivity contribution in [2.45, 2.75) is 32.7 Å². The maximum atomic E-state index is 6.07. The second kappa shape index (κ2) is 4.97. The van der Waals surface area contributed by atoms with Crippen LogP contribution < -0.4 is 5.73 Å². The first-order chi connectivity index (χ1) is 6.63. The molecule has 0 aromatic heterocycles. The fourth-order valence-electron chi connectivity index (χ4n) is 1.69. The van der Waals surface area contributed by atoms with E-state index in [0.29, 0.717) is 0 Å². The summed E-state index contributed by atoms with van der Waals surface area (Å²) in [6, 6.07) is 6.65. The second-order valence-corrected chi connectivity index (χ2v) is 3.89. The van der Waals surface area contributed by atoms with Gasteiger partial charge in [-0.3, -0.25) is 0 Å². The number of allylic oxidation sites excluding steroid dienone is 1. The predicted molar refractivity (Wildman–Crippen MR) is 62.3 cm³/mol. The summed E-state index contributed by atoms with van der Waals surface area (Å²) in [6.45, 7) is 7.92. The summed E-state index contributed by atoms with van der Waals surface area (Å²) in [5, 5.41) is 0. The Kier molecular flexibility index (Phi) is 3.90. The van der Waals surface area contributed by atoms with Crippen molar-refractivity contribution in [2.24, 2.45) is 5.73 Å². The average molecular weight is 189 g/mol. The van der Waals surface area contributed by atoms with E-state index in [1.807, 2.05) is 6.08 Å². The van der Waals surface area contributed by atoms with E-state index in [4.69, 9.17) is 5.73 Å². The quantitative estimate of drug-likeness (QED) is 0.723. The first-order valence-electron chi connectivity index (χ1n) is 5.08. The molecular formula is C13H19N. The molecule has 0 fully saturated rings. The molecule has 0 amide bonds. The van der Waals surface area contributed by atoms with Crippen LogP contribution in [0.15, 0.2) is 30.9 Å². The topological polar surface area (TPSA) is 26.0 Å². The van der Waals surface area contributed by atoms with E-state index in [1.54, 1.807) is 0 Å². The van der Waals surface area contributed by atoms with Gasteiger partial charge in [-0.1, -0.05) is 35.4 Å². The van der Waals surface area contributed by atoms with Crippen LogP contribution in [0.2, 0.25) is 0 Å². The third kappa shape index (κ3) is 3.00. The maximum absolute atomic E-state index is 6.07. The van der Waals surface area contributed by atoms with E-state index >= 15 is 0 Å². The fourth-order valence-corrected chi connectivity index (χ4v) is 1.69. The van der Waals surface area contributed by atoms with Crippen LogP contribution in [0.25, 0.3) is 0 Å². The van der Waals surface area contributed by atoms with Crippen LogP contribution in [-0.2, 0) is 0 Å². The summed E-state index contributed by atoms with van der Waals surface area (Å²) in [5.74, 6) is 0. The molecule has 1 unspecified atom stereocenters. The number of nitrogens with two attached hydrogens (primary N) is 1. The Balaban J connectivity index is 2.78. The minimum Gasteiger partial charge on any atom is -0.324 e. The van der Waals surface area contributed by atoms with E-state index < -0.39 is 0 Å². The van der Waals surface area contributed by atoms with Gasteiger partial charge in [0.25, 0.3) is 0 Å². The molecule has 2 N–H and O–H groups in total. The van der Waals surface area contributed by atoms with E-state index in [9.17, 15) is 0 Å². The zero-order valence-electron chi connectivity index (χ0n) is 9.09. The Morgan fingerprint density at radius 3 is 2.36 bits per heavy atom. The van der Waals surface area contributed by atoms with Crippen molar-refractivity contribution < 1.29 is 0 Å². The van der Waals surface area contributed by atoms with Gasteiger partial charge in [-0.2, -0.15) is 0 Å². The molecule has 0 bridgehead atoms. The first-order valence-corrected chi connectivity index (χ1v) is 5.08. The highest BCUT2D eigenvalue weighted by atomic mass is 14.6. The summed E-state index contributed by atoms with van der Waals surface area (Å²) >= 11 is 0. The van der Waals surface area contributed by atoms with Gasteiger partial charge in [0, 0.05) is 6.04 Å². The molecular weight excluding hydrogens is 170 g/mol. The van der Waals surface area contributed by atoms with Crippen molar-refractivity contribution in [3.63, 3.8) is 0 Å². The van der Waals surface area contributed by atoms with Crippen molar-refractivity contribution in [3.05, 3.63) is 47.5 Å². The Hall–Kier alpha value is -1.08. The Morgan fingerprint density at radius 2 is 1.86 bits per heavy atom. The zero-order chi connectivity index (χ0) is 10.6. The summed E-state index contributed by atoms with van der Waals surface area (Å²) in [7, 11) is 0. The average Bonchev–Trinajstić information content (AvgIpc) is 2.12. The normalized spacial score (nSPS) is 12.5. The molecule has 0 aliphatic carbocycles. The summed E-state index contributed by atoms with van der Waals surface area (Å²) in [4.78, 5) is 0. The molecule has 0 heterocycles. The lowest BCUT2D eigenvalue weighted by atomic mass is 9.99. The van der Waals surface area contributed by atoms with Gasteiger partial charge in [0.2, 0.25) is 0 Å². The van der Waals surface area contributed by atoms with E-state index in [0.717, 1.165) is 12.8 Å². The molecule has 1 heteroatoms. The van der Waals surface area contributed by atoms with Crippen molar-refractivity contribution in [1.29, 1.82) is 0 Å². The number of benzene rings is 1. The molecule has 1 aromatic carbocycles. The number of aryl methyl sites for hydroxylation is 2. The molecule has 0 spiro atoms. The van der Waals surface area contributed by atoms with Crippen LogP contribution >= 0.6 is 0 Å². The van der Waals surface area contributed by atoms with Crippen molar-refractivity contribution >= 4 is 0 Å². The molecule has 0 saturated carbocycles. The standard InChI is InChI=1S/C13H19N/c1-4-5-6-13(14)12-8-10(2)7-11(3)9-12/h4,7-9,13H,1,5-6,14H2,2-3H3. The lowest BCUT2D eigenvalue weighted by Crippen LogP contribution is -2.10. The molecule has 0 aliphatic rings. The highest BCUT2D eigenvalue weighted by Gasteiger charge is 2.05. The lowest BCUT2D eigenvalue weighted by Gasteiger charge is -2.12. The van der Waals surface area contributed by atoms with Crippen LogP contribution in [0.1, 0.15) is 35.6 Å². The molecule has 1 rings (SSSR count). The van der Waals surface area contributed by atoms with Crippen LogP contribution in [0.5, 0.6) is 0 Å². The highest BCUT2D eigenvalue weighted by molar-refractivity contribution is 5.30. The Morgan fingerprint density at radius 1 is 1.29 bits per heavy atom. The minimum atomic E-state index is 0.145. The lowest BCUT2D eigenvalue weighted by molar-refractivity contribution is 0.660. The van der Waals surface area contributed by atoms with Crippen LogP contribution in [0.4, 0.5) is 0 Å². The van der Waals surface area contributed by atoms with Gasteiger partial charge in [0.05, 0.1) is 0 Å². The molecule has 0 aliphatic heterocycles. The largest absolute Gasteiger partial charge is 0.324 e. The van der Waals surface area contributed by atoms with E-state index in [2.05, 4.69) is 38.6 Å². The predicted octanol–water partition coefficient (Wildman–Crippen LogP) is 3.27. The first kappa shape index (κ1) is 11.0. The van der Waals surface area contributed by atoms with Gasteiger partial charge in [0.15, 0.2) is 0 Å². The monoisotopic (exact) mass is 189 g/mol. The fraction of sp³-hybridized carbons (Fsp3) is 0.385. The Labute approximate surface area is 86.6 Å². The van der Waals surface area contributed by atoms with Crippen molar-refractivity contribution in [2.75, 3.05) is 0 Å². The number of hydrogen-bond acceptors (Lipinski definition) is 1. The maximum Gasteiger partial charge on any atom is 0.0297 e. The smallest absolute Gasteiger partial charge is 0.0297 e. The summed E-state index contributed by atoms with van der Waals surface area (Å²) in [5.41, 5.74) is 9.88. The van der Waals surface area contributed by atoms with Crippen molar-refractivity contribution in [1.82, 2.24) is 0 Å². The molecule has 1 atom stereocenters. The third-order valence-corrected chi connectivity index (χ3v) is 2.35.